The molecule has 2 aliphatic heterocycles. The molecule has 19 heavy (non-hydrogen) atoms. The number of nitrogens with two attached hydrogens (primary N) is 1. The first-order valence-electron chi connectivity index (χ1n) is 7.29. The van der Waals surface area contributed by atoms with Crippen molar-refractivity contribution in [2.24, 2.45) is 5.73 Å². The van der Waals surface area contributed by atoms with E-state index in [1.54, 1.807) is 0 Å². The van der Waals surface area contributed by atoms with Gasteiger partial charge in [0.05, 0.1) is 17.7 Å². The van der Waals surface area contributed by atoms with Crippen molar-refractivity contribution in [2.45, 2.75) is 50.7 Å². The number of carbonyl (C=O) groups is 1. The number of rotatable bonds is 3. The Morgan fingerprint density at radius 1 is 1.37 bits per heavy atom. The molecule has 0 bridgehead atoms. The van der Waals surface area contributed by atoms with E-state index in [4.69, 9.17) is 15.2 Å². The summed E-state index contributed by atoms with van der Waals surface area (Å²) >= 11 is 0. The summed E-state index contributed by atoms with van der Waals surface area (Å²) in [6.07, 6.45) is 3.37. The highest BCUT2D eigenvalue weighted by molar-refractivity contribution is 5.85. The molecule has 5 heteroatoms. The molecule has 110 valence electrons. The Balaban J connectivity index is 2.02. The Bertz CT molecular complexity index is 319. The summed E-state index contributed by atoms with van der Waals surface area (Å²) in [5.74, 6) is 0.0588. The van der Waals surface area contributed by atoms with Crippen molar-refractivity contribution in [3.05, 3.63) is 0 Å². The quantitative estimate of drug-likeness (QED) is 0.828. The lowest BCUT2D eigenvalue weighted by atomic mass is 9.90. The molecule has 1 unspecified atom stereocenters. The molecule has 0 radical (unpaired) electrons. The van der Waals surface area contributed by atoms with Crippen molar-refractivity contribution in [3.63, 3.8) is 0 Å². The summed E-state index contributed by atoms with van der Waals surface area (Å²) < 4.78 is 11.3. The van der Waals surface area contributed by atoms with Crippen LogP contribution >= 0.6 is 0 Å². The van der Waals surface area contributed by atoms with Crippen LogP contribution in [-0.4, -0.2) is 54.9 Å². The van der Waals surface area contributed by atoms with E-state index in [2.05, 4.69) is 6.92 Å². The van der Waals surface area contributed by atoms with Crippen LogP contribution in [0.15, 0.2) is 0 Å². The SMILES string of the molecule is CCCC(C)(N)C(=O)N1CCOC2(CCOCC2)C1. The fourth-order valence-electron chi connectivity index (χ4n) is 3.05. The normalized spacial score (nSPS) is 26.2. The Hall–Kier alpha value is -0.650. The largest absolute Gasteiger partial charge is 0.381 e. The third-order valence-corrected chi connectivity index (χ3v) is 4.20. The second-order valence-corrected chi connectivity index (χ2v) is 6.04. The van der Waals surface area contributed by atoms with Gasteiger partial charge in [0.25, 0.3) is 0 Å². The Kier molecular flexibility index (Phi) is 4.48. The van der Waals surface area contributed by atoms with Crippen LogP contribution in [0.5, 0.6) is 0 Å². The monoisotopic (exact) mass is 270 g/mol. The lowest BCUT2D eigenvalue weighted by Gasteiger charge is -2.46. The van der Waals surface area contributed by atoms with Gasteiger partial charge in [-0.05, 0) is 13.3 Å². The lowest BCUT2D eigenvalue weighted by molar-refractivity contribution is -0.171. The van der Waals surface area contributed by atoms with Crippen LogP contribution in [0, 0.1) is 0 Å². The Morgan fingerprint density at radius 3 is 2.68 bits per heavy atom. The molecule has 2 rings (SSSR count). The molecule has 2 fully saturated rings. The number of ether oxygens (including phenoxy) is 2. The van der Waals surface area contributed by atoms with Gasteiger partial charge in [-0.2, -0.15) is 0 Å². The number of nitrogens with zero attached hydrogens (tertiary/aromatic N) is 1. The Morgan fingerprint density at radius 2 is 2.05 bits per heavy atom. The number of morpholine rings is 1. The maximum absolute atomic E-state index is 12.5. The molecule has 5 nitrogen and oxygen atoms in total. The molecule has 1 spiro atoms. The molecule has 0 aromatic rings. The van der Waals surface area contributed by atoms with Gasteiger partial charge >= 0.3 is 0 Å². The van der Waals surface area contributed by atoms with Gasteiger partial charge in [0.2, 0.25) is 5.91 Å². The zero-order valence-corrected chi connectivity index (χ0v) is 12.1. The summed E-state index contributed by atoms with van der Waals surface area (Å²) in [7, 11) is 0. The molecule has 1 amide bonds. The van der Waals surface area contributed by atoms with E-state index in [9.17, 15) is 4.79 Å². The lowest BCUT2D eigenvalue weighted by Crippen LogP contribution is -2.61. The van der Waals surface area contributed by atoms with Crippen LogP contribution in [0.4, 0.5) is 0 Å². The predicted octanol–water partition coefficient (Wildman–Crippen LogP) is 0.912. The van der Waals surface area contributed by atoms with Gasteiger partial charge in [-0.1, -0.05) is 13.3 Å². The van der Waals surface area contributed by atoms with Crippen molar-refractivity contribution >= 4 is 5.91 Å². The number of amides is 1. The summed E-state index contributed by atoms with van der Waals surface area (Å²) in [6, 6.07) is 0. The predicted molar refractivity (Wildman–Crippen MR) is 72.8 cm³/mol. The first-order valence-corrected chi connectivity index (χ1v) is 7.29. The summed E-state index contributed by atoms with van der Waals surface area (Å²) in [6.45, 7) is 7.24. The minimum atomic E-state index is -0.752. The smallest absolute Gasteiger partial charge is 0.242 e. The third-order valence-electron chi connectivity index (χ3n) is 4.20. The van der Waals surface area contributed by atoms with Crippen molar-refractivity contribution < 1.29 is 14.3 Å². The van der Waals surface area contributed by atoms with E-state index in [1.807, 2.05) is 11.8 Å². The minimum absolute atomic E-state index is 0.0588. The zero-order valence-electron chi connectivity index (χ0n) is 12.1. The zero-order chi connectivity index (χ0) is 13.9. The molecule has 0 aliphatic carbocycles. The van der Waals surface area contributed by atoms with E-state index >= 15 is 0 Å². The molecule has 0 aromatic heterocycles. The molecule has 2 aliphatic rings. The molecule has 2 N–H and O–H groups in total. The maximum Gasteiger partial charge on any atom is 0.242 e. The molecule has 2 saturated heterocycles. The first-order chi connectivity index (χ1) is 8.99. The number of carbonyl (C=O) groups excluding carboxylic acids is 1. The fraction of sp³-hybridized carbons (Fsp3) is 0.929. The molecule has 2 heterocycles. The fourth-order valence-corrected chi connectivity index (χ4v) is 3.05. The van der Waals surface area contributed by atoms with E-state index in [-0.39, 0.29) is 11.5 Å². The van der Waals surface area contributed by atoms with Crippen LogP contribution in [0.25, 0.3) is 0 Å². The van der Waals surface area contributed by atoms with Crippen molar-refractivity contribution in [1.82, 2.24) is 4.90 Å². The first kappa shape index (κ1) is 14.8. The number of hydrogen-bond acceptors (Lipinski definition) is 4. The van der Waals surface area contributed by atoms with Gasteiger partial charge in [0.1, 0.15) is 0 Å². The van der Waals surface area contributed by atoms with Gasteiger partial charge in [-0.15, -0.1) is 0 Å². The van der Waals surface area contributed by atoms with Crippen LogP contribution in [0.2, 0.25) is 0 Å². The van der Waals surface area contributed by atoms with E-state index in [1.165, 1.54) is 0 Å². The second kappa shape index (κ2) is 5.77. The van der Waals surface area contributed by atoms with Gasteiger partial charge in [-0.25, -0.2) is 0 Å². The average molecular weight is 270 g/mol. The van der Waals surface area contributed by atoms with Crippen LogP contribution in [-0.2, 0) is 14.3 Å². The highest BCUT2D eigenvalue weighted by atomic mass is 16.5. The number of hydrogen-bond donors (Lipinski definition) is 1. The molecule has 0 saturated carbocycles. The van der Waals surface area contributed by atoms with Crippen molar-refractivity contribution in [1.29, 1.82) is 0 Å². The van der Waals surface area contributed by atoms with Crippen LogP contribution in [0.3, 0.4) is 0 Å². The molecule has 0 aromatic carbocycles. The van der Waals surface area contributed by atoms with Crippen molar-refractivity contribution in [3.8, 4) is 0 Å². The Labute approximate surface area is 115 Å². The molecule has 1 atom stereocenters. The second-order valence-electron chi connectivity index (χ2n) is 6.04. The van der Waals surface area contributed by atoms with E-state index < -0.39 is 5.54 Å². The van der Waals surface area contributed by atoms with Gasteiger partial charge in [-0.3, -0.25) is 4.79 Å². The average Bonchev–Trinajstić information content (AvgIpc) is 2.39. The highest BCUT2D eigenvalue weighted by Gasteiger charge is 2.42. The summed E-state index contributed by atoms with van der Waals surface area (Å²) in [5.41, 5.74) is 5.21. The topological polar surface area (TPSA) is 64.8 Å². The van der Waals surface area contributed by atoms with E-state index in [0.717, 1.165) is 38.9 Å². The van der Waals surface area contributed by atoms with Crippen LogP contribution < -0.4 is 5.73 Å². The van der Waals surface area contributed by atoms with Gasteiger partial charge in [0.15, 0.2) is 0 Å². The van der Waals surface area contributed by atoms with E-state index in [0.29, 0.717) is 19.7 Å². The highest BCUT2D eigenvalue weighted by Crippen LogP contribution is 2.30. The maximum atomic E-state index is 12.5. The van der Waals surface area contributed by atoms with Crippen LogP contribution in [0.1, 0.15) is 39.5 Å². The van der Waals surface area contributed by atoms with Crippen molar-refractivity contribution in [2.75, 3.05) is 32.9 Å². The van der Waals surface area contributed by atoms with Gasteiger partial charge in [0, 0.05) is 39.1 Å². The molecular weight excluding hydrogens is 244 g/mol. The molecular formula is C14H26N2O3. The standard InChI is InChI=1S/C14H26N2O3/c1-3-4-13(2,15)12(17)16-7-10-19-14(11-16)5-8-18-9-6-14/h3-11,15H2,1-2H3. The third kappa shape index (κ3) is 3.27. The van der Waals surface area contributed by atoms with Gasteiger partial charge < -0.3 is 20.1 Å². The summed E-state index contributed by atoms with van der Waals surface area (Å²) in [5, 5.41) is 0. The summed E-state index contributed by atoms with van der Waals surface area (Å²) in [4.78, 5) is 14.4. The minimum Gasteiger partial charge on any atom is -0.381 e.